The monoisotopic (exact) mass is 1080 g/mol. The van der Waals surface area contributed by atoms with Gasteiger partial charge in [0.1, 0.15) is 0 Å². The molecule has 0 heterocycles. The van der Waals surface area contributed by atoms with Crippen LogP contribution in [0.15, 0.2) is 192 Å². The van der Waals surface area contributed by atoms with E-state index in [-0.39, 0.29) is 31.1 Å². The van der Waals surface area contributed by atoms with Crippen molar-refractivity contribution in [3.05, 3.63) is 282 Å². The van der Waals surface area contributed by atoms with Gasteiger partial charge in [-0.05, 0) is 22.3 Å². The fourth-order valence-corrected chi connectivity index (χ4v) is 7.30. The Hall–Kier alpha value is -5.99. The molecule has 0 aliphatic heterocycles. The van der Waals surface area contributed by atoms with Crippen molar-refractivity contribution in [2.24, 2.45) is 10.2 Å². The maximum Gasteiger partial charge on any atom is 4.00 e. The molecule has 0 saturated heterocycles. The van der Waals surface area contributed by atoms with Gasteiger partial charge in [-0.2, -0.15) is 55.6 Å². The Kier molecular flexibility index (Phi) is 21.2. The zero-order valence-electron chi connectivity index (χ0n) is 40.0. The van der Waals surface area contributed by atoms with Gasteiger partial charge in [-0.1, -0.05) is 275 Å². The topological polar surface area (TPSA) is 52.9 Å². The van der Waals surface area contributed by atoms with Crippen LogP contribution >= 0.6 is 0 Å². The number of hydrogen-bond acceptors (Lipinski definition) is 2. The Morgan fingerprint density at radius 1 is 0.338 bits per heavy atom. The van der Waals surface area contributed by atoms with Crippen LogP contribution in [0.1, 0.15) is 89.0 Å². The van der Waals surface area contributed by atoms with E-state index in [0.717, 1.165) is 44.8 Å². The molecule has 0 aromatic heterocycles. The van der Waals surface area contributed by atoms with Crippen molar-refractivity contribution >= 4 is 11.4 Å². The van der Waals surface area contributed by atoms with Gasteiger partial charge in [0, 0.05) is 0 Å². The third-order valence-corrected chi connectivity index (χ3v) is 12.3. The van der Waals surface area contributed by atoms with Crippen molar-refractivity contribution in [3.8, 4) is 0 Å². The van der Waals surface area contributed by atoms with E-state index in [4.69, 9.17) is 0 Å². The molecule has 328 valence electrons. The number of rotatable bonds is 10. The SMILES string of the molecule is Cc1c(C)c(C)[c-](C)c1C.Cc1c(C)c(C)[c-](C)c1C.[U+4].c1ccc(C[N-]N=C(c2ccccc2)c2ccccc2)cc1.c1ccc(C[N-]N=C(c2ccccc2)c2ccccc2)cc1. The summed E-state index contributed by atoms with van der Waals surface area (Å²) in [6, 6.07) is 61.0. The normalized spacial score (nSPS) is 10.0. The second-order valence-electron chi connectivity index (χ2n) is 16.2. The van der Waals surface area contributed by atoms with Gasteiger partial charge in [0.05, 0.1) is 11.4 Å². The van der Waals surface area contributed by atoms with Crippen LogP contribution in [0.5, 0.6) is 0 Å². The molecule has 0 bridgehead atoms. The Bertz CT molecular complexity index is 2230. The molecule has 0 fully saturated rings. The first-order chi connectivity index (χ1) is 31.0. The summed E-state index contributed by atoms with van der Waals surface area (Å²) in [7, 11) is 0. The molecule has 4 nitrogen and oxygen atoms in total. The maximum atomic E-state index is 4.50. The van der Waals surface area contributed by atoms with E-state index >= 15 is 0 Å². The number of hydrogen-bond donors (Lipinski definition) is 0. The molecule has 0 spiro atoms. The van der Waals surface area contributed by atoms with Crippen molar-refractivity contribution in [2.45, 2.75) is 82.3 Å². The van der Waals surface area contributed by atoms with Crippen LogP contribution in [0.4, 0.5) is 0 Å². The molecule has 0 unspecified atom stereocenters. The van der Waals surface area contributed by atoms with E-state index < -0.39 is 0 Å². The fourth-order valence-electron chi connectivity index (χ4n) is 7.30. The molecule has 0 amide bonds. The molecular formula is C60H64N4U. The minimum absolute atomic E-state index is 0. The predicted octanol–water partition coefficient (Wildman–Crippen LogP) is 15.9. The standard InChI is InChI=1S/2C20H17N2.2C10H15.U/c2*1-4-10-17(11-5-1)16-21-22-20(18-12-6-2-7-13-18)19-14-8-3-9-15-19;2*1-6-7(2)9(4)10(5)8(6)3;/h2*1-15H,16H2;2*1-5H3;/q4*-1;+4. The molecule has 65 heavy (non-hydrogen) atoms. The van der Waals surface area contributed by atoms with Crippen molar-refractivity contribution < 1.29 is 31.1 Å². The van der Waals surface area contributed by atoms with Gasteiger partial charge in [-0.25, -0.2) is 0 Å². The van der Waals surface area contributed by atoms with Crippen LogP contribution in [-0.4, -0.2) is 11.4 Å². The van der Waals surface area contributed by atoms with Crippen LogP contribution in [0, 0.1) is 100 Å². The molecule has 8 aromatic rings. The predicted molar refractivity (Wildman–Crippen MR) is 275 cm³/mol. The minimum atomic E-state index is 0. The summed E-state index contributed by atoms with van der Waals surface area (Å²) < 4.78 is 0. The van der Waals surface area contributed by atoms with E-state index in [9.17, 15) is 0 Å². The third-order valence-electron chi connectivity index (χ3n) is 12.3. The van der Waals surface area contributed by atoms with Crippen molar-refractivity contribution in [1.82, 2.24) is 0 Å². The Morgan fingerprint density at radius 3 is 0.723 bits per heavy atom. The quantitative estimate of drug-likeness (QED) is 0.0745. The van der Waals surface area contributed by atoms with Gasteiger partial charge in [0.2, 0.25) is 0 Å². The second-order valence-corrected chi connectivity index (χ2v) is 16.2. The van der Waals surface area contributed by atoms with E-state index in [0.29, 0.717) is 13.1 Å². The third kappa shape index (κ3) is 15.0. The molecule has 0 N–H and O–H groups in total. The first kappa shape index (κ1) is 51.6. The van der Waals surface area contributed by atoms with Crippen LogP contribution in [0.25, 0.3) is 10.9 Å². The fraction of sp³-hybridized carbons (Fsp3) is 0.200. The molecule has 0 aliphatic carbocycles. The summed E-state index contributed by atoms with van der Waals surface area (Å²) in [5.74, 6) is 0. The number of benzene rings is 6. The summed E-state index contributed by atoms with van der Waals surface area (Å²) in [4.78, 5) is 0. The Labute approximate surface area is 414 Å². The van der Waals surface area contributed by atoms with E-state index in [2.05, 4.69) is 163 Å². The smallest absolute Gasteiger partial charge is 0.598 e. The average molecular weight is 1080 g/mol. The molecule has 0 radical (unpaired) electrons. The molecule has 0 atom stereocenters. The zero-order valence-corrected chi connectivity index (χ0v) is 44.2. The van der Waals surface area contributed by atoms with E-state index in [1.54, 1.807) is 0 Å². The van der Waals surface area contributed by atoms with Crippen LogP contribution < -0.4 is 0 Å². The van der Waals surface area contributed by atoms with Crippen molar-refractivity contribution in [1.29, 1.82) is 0 Å². The summed E-state index contributed by atoms with van der Waals surface area (Å²) >= 11 is 0. The van der Waals surface area contributed by atoms with Gasteiger partial charge in [0.25, 0.3) is 0 Å². The van der Waals surface area contributed by atoms with Gasteiger partial charge in [-0.3, -0.25) is 0 Å². The van der Waals surface area contributed by atoms with Gasteiger partial charge in [0.15, 0.2) is 0 Å². The van der Waals surface area contributed by atoms with Crippen molar-refractivity contribution in [2.75, 3.05) is 0 Å². The summed E-state index contributed by atoms with van der Waals surface area (Å²) in [5.41, 5.74) is 31.9. The van der Waals surface area contributed by atoms with E-state index in [1.807, 2.05) is 109 Å². The first-order valence-corrected chi connectivity index (χ1v) is 22.2. The zero-order chi connectivity index (χ0) is 45.8. The van der Waals surface area contributed by atoms with Crippen LogP contribution in [0.3, 0.4) is 0 Å². The van der Waals surface area contributed by atoms with Gasteiger partial charge >= 0.3 is 31.1 Å². The summed E-state index contributed by atoms with van der Waals surface area (Å²) in [6.45, 7) is 23.2. The number of nitrogens with zero attached hydrogens (tertiary/aromatic N) is 4. The molecular weight excluding hydrogens is 1010 g/mol. The molecule has 0 saturated carbocycles. The molecule has 8 rings (SSSR count). The molecule has 8 aromatic carbocycles. The Balaban J connectivity index is 0.000000201. The summed E-state index contributed by atoms with van der Waals surface area (Å²) in [5, 5.41) is 9.00. The first-order valence-electron chi connectivity index (χ1n) is 22.2. The molecule has 0 aliphatic rings. The minimum Gasteiger partial charge on any atom is -0.598 e. The van der Waals surface area contributed by atoms with Crippen molar-refractivity contribution in [3.63, 3.8) is 0 Å². The summed E-state index contributed by atoms with van der Waals surface area (Å²) in [6.07, 6.45) is 0. The molecule has 5 heteroatoms. The van der Waals surface area contributed by atoms with Crippen LogP contribution in [0.2, 0.25) is 0 Å². The van der Waals surface area contributed by atoms with Crippen LogP contribution in [-0.2, 0) is 13.1 Å². The van der Waals surface area contributed by atoms with Gasteiger partial charge < -0.3 is 21.1 Å². The largest absolute Gasteiger partial charge is 4.00 e. The maximum absolute atomic E-state index is 4.50. The Morgan fingerprint density at radius 2 is 0.538 bits per heavy atom. The van der Waals surface area contributed by atoms with Gasteiger partial charge in [-0.15, -0.1) is 0 Å². The second kappa shape index (κ2) is 26.7. The average Bonchev–Trinajstić information content (AvgIpc) is 3.62. The van der Waals surface area contributed by atoms with E-state index in [1.165, 1.54) is 55.6 Å².